The first-order valence-electron chi connectivity index (χ1n) is 4.77. The molecule has 12 heavy (non-hydrogen) atoms. The number of nitrogens with one attached hydrogen (secondary N) is 1. The normalized spacial score (nSPS) is 25.4. The molecular formula is C10H19NO. The second-order valence-electron chi connectivity index (χ2n) is 4.66. The van der Waals surface area contributed by atoms with Crippen molar-refractivity contribution in [2.24, 2.45) is 11.3 Å². The molecule has 1 unspecified atom stereocenters. The summed E-state index contributed by atoms with van der Waals surface area (Å²) in [6.07, 6.45) is 2.22. The quantitative estimate of drug-likeness (QED) is 0.646. The molecule has 0 spiro atoms. The Morgan fingerprint density at radius 3 is 2.50 bits per heavy atom. The first-order chi connectivity index (χ1) is 5.52. The molecule has 1 fully saturated rings. The van der Waals surface area contributed by atoms with Gasteiger partial charge in [0, 0.05) is 17.9 Å². The molecule has 0 bridgehead atoms. The Hall–Kier alpha value is -0.370. The smallest absolute Gasteiger partial charge is 0.142 e. The molecule has 70 valence electrons. The Kier molecular flexibility index (Phi) is 2.89. The highest BCUT2D eigenvalue weighted by atomic mass is 16.1. The van der Waals surface area contributed by atoms with Crippen molar-refractivity contribution in [1.29, 1.82) is 0 Å². The van der Waals surface area contributed by atoms with E-state index in [1.165, 1.54) is 0 Å². The highest BCUT2D eigenvalue weighted by Gasteiger charge is 2.29. The minimum atomic E-state index is -0.163. The van der Waals surface area contributed by atoms with Crippen molar-refractivity contribution in [3.63, 3.8) is 0 Å². The van der Waals surface area contributed by atoms with Gasteiger partial charge in [-0.25, -0.2) is 0 Å². The summed E-state index contributed by atoms with van der Waals surface area (Å²) >= 11 is 0. The van der Waals surface area contributed by atoms with Crippen LogP contribution in [0.25, 0.3) is 0 Å². The average Bonchev–Trinajstić information content (AvgIpc) is 2.03. The highest BCUT2D eigenvalue weighted by molar-refractivity contribution is 5.86. The van der Waals surface area contributed by atoms with Crippen LogP contribution in [0, 0.1) is 11.3 Å². The monoisotopic (exact) mass is 169 g/mol. The minimum absolute atomic E-state index is 0.163. The van der Waals surface area contributed by atoms with Crippen molar-refractivity contribution < 1.29 is 4.79 Å². The molecule has 0 amide bonds. The molecule has 2 nitrogen and oxygen atoms in total. The van der Waals surface area contributed by atoms with Crippen LogP contribution in [0.2, 0.25) is 0 Å². The zero-order chi connectivity index (χ0) is 9.19. The molecule has 0 aliphatic carbocycles. The first-order valence-corrected chi connectivity index (χ1v) is 4.77. The molecule has 1 saturated heterocycles. The SMILES string of the molecule is CC(C)(C)C(=O)C1CCCNC1. The molecule has 1 atom stereocenters. The number of hydrogen-bond donors (Lipinski definition) is 1. The second-order valence-corrected chi connectivity index (χ2v) is 4.66. The lowest BCUT2D eigenvalue weighted by Gasteiger charge is -2.27. The molecule has 0 aromatic rings. The Bertz CT molecular complexity index is 163. The fourth-order valence-corrected chi connectivity index (χ4v) is 1.69. The fraction of sp³-hybridized carbons (Fsp3) is 0.900. The third kappa shape index (κ3) is 2.31. The van der Waals surface area contributed by atoms with Crippen molar-refractivity contribution in [3.8, 4) is 0 Å². The van der Waals surface area contributed by atoms with E-state index in [1.807, 2.05) is 20.8 Å². The molecule has 1 rings (SSSR count). The average molecular weight is 169 g/mol. The third-order valence-electron chi connectivity index (χ3n) is 2.41. The van der Waals surface area contributed by atoms with Gasteiger partial charge in [0.1, 0.15) is 5.78 Å². The summed E-state index contributed by atoms with van der Waals surface area (Å²) in [4.78, 5) is 11.8. The molecule has 1 heterocycles. The molecule has 0 radical (unpaired) electrons. The lowest BCUT2D eigenvalue weighted by atomic mass is 9.80. The van der Waals surface area contributed by atoms with Gasteiger partial charge in [-0.05, 0) is 19.4 Å². The number of rotatable bonds is 1. The van der Waals surface area contributed by atoms with Crippen molar-refractivity contribution in [2.45, 2.75) is 33.6 Å². The summed E-state index contributed by atoms with van der Waals surface area (Å²) in [7, 11) is 0. The van der Waals surface area contributed by atoms with E-state index >= 15 is 0 Å². The summed E-state index contributed by atoms with van der Waals surface area (Å²) < 4.78 is 0. The summed E-state index contributed by atoms with van der Waals surface area (Å²) in [6, 6.07) is 0. The number of Topliss-reactive ketones (excluding diaryl/α,β-unsaturated/α-hetero) is 1. The van der Waals surface area contributed by atoms with Crippen LogP contribution in [0.1, 0.15) is 33.6 Å². The third-order valence-corrected chi connectivity index (χ3v) is 2.41. The van der Waals surface area contributed by atoms with Gasteiger partial charge < -0.3 is 5.32 Å². The second kappa shape index (κ2) is 3.56. The maximum atomic E-state index is 11.8. The van der Waals surface area contributed by atoms with E-state index < -0.39 is 0 Å². The van der Waals surface area contributed by atoms with E-state index in [1.54, 1.807) is 0 Å². The van der Waals surface area contributed by atoms with Crippen LogP contribution in [0.3, 0.4) is 0 Å². The van der Waals surface area contributed by atoms with E-state index in [-0.39, 0.29) is 11.3 Å². The van der Waals surface area contributed by atoms with Crippen LogP contribution in [0.4, 0.5) is 0 Å². The van der Waals surface area contributed by atoms with Crippen LogP contribution in [0.5, 0.6) is 0 Å². The predicted molar refractivity (Wildman–Crippen MR) is 50.1 cm³/mol. The number of hydrogen-bond acceptors (Lipinski definition) is 2. The fourth-order valence-electron chi connectivity index (χ4n) is 1.69. The summed E-state index contributed by atoms with van der Waals surface area (Å²) in [5.41, 5.74) is -0.163. The molecule has 0 aromatic carbocycles. The van der Waals surface area contributed by atoms with Gasteiger partial charge in [0.15, 0.2) is 0 Å². The Morgan fingerprint density at radius 1 is 1.42 bits per heavy atom. The van der Waals surface area contributed by atoms with Gasteiger partial charge in [0.2, 0.25) is 0 Å². The van der Waals surface area contributed by atoms with Gasteiger partial charge in [-0.2, -0.15) is 0 Å². The van der Waals surface area contributed by atoms with E-state index in [0.717, 1.165) is 25.9 Å². The summed E-state index contributed by atoms with van der Waals surface area (Å²) in [5.74, 6) is 0.674. The summed E-state index contributed by atoms with van der Waals surface area (Å²) in [6.45, 7) is 7.97. The highest BCUT2D eigenvalue weighted by Crippen LogP contribution is 2.23. The van der Waals surface area contributed by atoms with Crippen molar-refractivity contribution in [1.82, 2.24) is 5.32 Å². The van der Waals surface area contributed by atoms with Gasteiger partial charge >= 0.3 is 0 Å². The van der Waals surface area contributed by atoms with Crippen LogP contribution in [-0.4, -0.2) is 18.9 Å². The van der Waals surface area contributed by atoms with Crippen LogP contribution < -0.4 is 5.32 Å². The topological polar surface area (TPSA) is 29.1 Å². The van der Waals surface area contributed by atoms with Crippen molar-refractivity contribution in [2.75, 3.05) is 13.1 Å². The van der Waals surface area contributed by atoms with E-state index in [9.17, 15) is 4.79 Å². The van der Waals surface area contributed by atoms with Gasteiger partial charge in [-0.15, -0.1) is 0 Å². The predicted octanol–water partition coefficient (Wildman–Crippen LogP) is 1.60. The lowest BCUT2D eigenvalue weighted by molar-refractivity contribution is -0.130. The largest absolute Gasteiger partial charge is 0.316 e. The molecular weight excluding hydrogens is 150 g/mol. The van der Waals surface area contributed by atoms with Crippen molar-refractivity contribution >= 4 is 5.78 Å². The number of carbonyl (C=O) groups excluding carboxylic acids is 1. The van der Waals surface area contributed by atoms with Gasteiger partial charge in [0.25, 0.3) is 0 Å². The van der Waals surface area contributed by atoms with Crippen molar-refractivity contribution in [3.05, 3.63) is 0 Å². The van der Waals surface area contributed by atoms with Crippen LogP contribution in [-0.2, 0) is 4.79 Å². The maximum Gasteiger partial charge on any atom is 0.142 e. The first kappa shape index (κ1) is 9.72. The Morgan fingerprint density at radius 2 is 2.08 bits per heavy atom. The summed E-state index contributed by atoms with van der Waals surface area (Å²) in [5, 5.41) is 3.27. The van der Waals surface area contributed by atoms with Crippen LogP contribution in [0.15, 0.2) is 0 Å². The Balaban J connectivity index is 2.51. The zero-order valence-corrected chi connectivity index (χ0v) is 8.31. The zero-order valence-electron chi connectivity index (χ0n) is 8.31. The maximum absolute atomic E-state index is 11.8. The minimum Gasteiger partial charge on any atom is -0.316 e. The molecule has 1 aliphatic rings. The van der Waals surface area contributed by atoms with E-state index in [4.69, 9.17) is 0 Å². The lowest BCUT2D eigenvalue weighted by Crippen LogP contribution is -2.39. The Labute approximate surface area is 74.7 Å². The molecule has 0 saturated carbocycles. The van der Waals surface area contributed by atoms with Gasteiger partial charge in [0.05, 0.1) is 0 Å². The van der Waals surface area contributed by atoms with E-state index in [0.29, 0.717) is 5.78 Å². The van der Waals surface area contributed by atoms with Crippen LogP contribution >= 0.6 is 0 Å². The molecule has 1 aliphatic heterocycles. The van der Waals surface area contributed by atoms with E-state index in [2.05, 4.69) is 5.32 Å². The van der Waals surface area contributed by atoms with Gasteiger partial charge in [-0.3, -0.25) is 4.79 Å². The van der Waals surface area contributed by atoms with Gasteiger partial charge in [-0.1, -0.05) is 20.8 Å². The number of ketones is 1. The molecule has 2 heteroatoms. The number of piperidine rings is 1. The number of carbonyl (C=O) groups is 1. The molecule has 0 aromatic heterocycles. The standard InChI is InChI=1S/C10H19NO/c1-10(2,3)9(12)8-5-4-6-11-7-8/h8,11H,4-7H2,1-3H3. The molecule has 1 N–H and O–H groups in total.